The molecule has 0 aromatic heterocycles. The lowest BCUT2D eigenvalue weighted by Gasteiger charge is -2.07. The summed E-state index contributed by atoms with van der Waals surface area (Å²) in [6, 6.07) is 7.48. The van der Waals surface area contributed by atoms with Gasteiger partial charge in [0.1, 0.15) is 18.6 Å². The van der Waals surface area contributed by atoms with Crippen molar-refractivity contribution in [1.29, 1.82) is 0 Å². The van der Waals surface area contributed by atoms with Gasteiger partial charge in [-0.15, -0.1) is 0 Å². The van der Waals surface area contributed by atoms with Crippen LogP contribution in [0.1, 0.15) is 0 Å². The minimum Gasteiger partial charge on any atom is -0.497 e. The summed E-state index contributed by atoms with van der Waals surface area (Å²) in [5, 5.41) is 10.2. The van der Waals surface area contributed by atoms with Gasteiger partial charge < -0.3 is 15.0 Å². The summed E-state index contributed by atoms with van der Waals surface area (Å²) in [5.41, 5.74) is 0.824. The summed E-state index contributed by atoms with van der Waals surface area (Å²) in [4.78, 5) is 1.95. The molecule has 0 amide bonds. The van der Waals surface area contributed by atoms with Crippen molar-refractivity contribution in [2.45, 2.75) is 0 Å². The molecule has 0 aliphatic heterocycles. The van der Waals surface area contributed by atoms with Gasteiger partial charge in [-0.25, -0.2) is 0 Å². The molecule has 0 aliphatic carbocycles. The van der Waals surface area contributed by atoms with Crippen LogP contribution in [0, 0.1) is 0 Å². The van der Waals surface area contributed by atoms with E-state index < -0.39 is 0 Å². The number of rotatable bonds is 6. The highest BCUT2D eigenvalue weighted by Crippen LogP contribution is 2.17. The number of methoxy groups -OCH3 is 1. The van der Waals surface area contributed by atoms with Gasteiger partial charge >= 0.3 is 0 Å². The molecule has 0 aliphatic rings. The normalized spacial score (nSPS) is 11.2. The maximum atomic E-state index is 5.06. The van der Waals surface area contributed by atoms with Gasteiger partial charge in [-0.05, 0) is 24.3 Å². The minimum absolute atomic E-state index is 0.538. The first-order valence-electron chi connectivity index (χ1n) is 5.44. The third-order valence-electron chi connectivity index (χ3n) is 2.08. The fourth-order valence-corrected chi connectivity index (χ4v) is 1.14. The molecule has 5 heteroatoms. The van der Waals surface area contributed by atoms with E-state index >= 15 is 0 Å². The molecule has 2 N–H and O–H groups in total. The molecule has 0 radical (unpaired) electrons. The number of azo groups is 1. The molecule has 92 valence electrons. The Labute approximate surface area is 102 Å². The summed E-state index contributed by atoms with van der Waals surface area (Å²) in [5.74, 6) is 0.822. The van der Waals surface area contributed by atoms with Gasteiger partial charge in [0.2, 0.25) is 0 Å². The largest absolute Gasteiger partial charge is 0.497 e. The maximum absolute atomic E-state index is 5.06. The fraction of sp³-hybridized carbons (Fsp3) is 0.333. The Balaban J connectivity index is 2.44. The van der Waals surface area contributed by atoms with Crippen LogP contribution in [0.5, 0.6) is 5.75 Å². The van der Waals surface area contributed by atoms with E-state index in [2.05, 4.69) is 10.2 Å². The zero-order valence-electron chi connectivity index (χ0n) is 10.5. The van der Waals surface area contributed by atoms with E-state index in [1.54, 1.807) is 7.11 Å². The smallest absolute Gasteiger partial charge is 0.131 e. The van der Waals surface area contributed by atoms with Gasteiger partial charge in [0.05, 0.1) is 26.0 Å². The first kappa shape index (κ1) is 13.2. The lowest BCUT2D eigenvalue weighted by molar-refractivity contribution is -0.557. The standard InChI is InChI=1S/C12H18N4O/c1-13-8-9-16(2)10-14-15-11-4-6-12(17-3)7-5-11/h4-9,13H,10H2,1-3H3/p+1/b9-8-,15-14?. The molecule has 0 unspecified atom stereocenters. The number of quaternary nitrogens is 1. The molecule has 0 saturated carbocycles. The molecular formula is C12H19N4O+. The Bertz CT molecular complexity index is 373. The van der Waals surface area contributed by atoms with Crippen LogP contribution in [-0.4, -0.2) is 32.8 Å². The van der Waals surface area contributed by atoms with Crippen LogP contribution in [0.15, 0.2) is 46.9 Å². The Hall–Kier alpha value is -1.88. The van der Waals surface area contributed by atoms with Gasteiger partial charge in [0, 0.05) is 7.05 Å². The number of ether oxygens (including phenoxy) is 1. The molecule has 1 aromatic rings. The van der Waals surface area contributed by atoms with Crippen LogP contribution in [0.2, 0.25) is 0 Å². The summed E-state index contributed by atoms with van der Waals surface area (Å²) >= 11 is 0. The van der Waals surface area contributed by atoms with Crippen LogP contribution in [-0.2, 0) is 0 Å². The number of benzene rings is 1. The molecule has 1 rings (SSSR count). The monoisotopic (exact) mass is 235 g/mol. The van der Waals surface area contributed by atoms with Crippen LogP contribution < -0.4 is 10.1 Å². The quantitative estimate of drug-likeness (QED) is 0.756. The van der Waals surface area contributed by atoms with Crippen LogP contribution >= 0.6 is 0 Å². The van der Waals surface area contributed by atoms with Crippen molar-refractivity contribution in [2.75, 3.05) is 27.9 Å². The van der Waals surface area contributed by atoms with Crippen LogP contribution in [0.3, 0.4) is 0 Å². The van der Waals surface area contributed by atoms with E-state index in [1.165, 1.54) is 0 Å². The lowest BCUT2D eigenvalue weighted by atomic mass is 10.3. The van der Waals surface area contributed by atoms with Gasteiger partial charge in [0.25, 0.3) is 0 Å². The average Bonchev–Trinajstić information content (AvgIpc) is 2.37. The molecule has 0 atom stereocenters. The van der Waals surface area contributed by atoms with Crippen molar-refractivity contribution in [3.8, 4) is 5.75 Å². The number of hydrogen-bond acceptors (Lipinski definition) is 4. The first-order chi connectivity index (χ1) is 8.26. The Kier molecular flexibility index (Phi) is 5.74. The van der Waals surface area contributed by atoms with E-state index in [0.29, 0.717) is 6.67 Å². The summed E-state index contributed by atoms with van der Waals surface area (Å²) in [6.45, 7) is 0.538. The topological polar surface area (TPSA) is 53.8 Å². The highest BCUT2D eigenvalue weighted by Gasteiger charge is 1.92. The van der Waals surface area contributed by atoms with E-state index in [9.17, 15) is 0 Å². The fourth-order valence-electron chi connectivity index (χ4n) is 1.14. The third-order valence-corrected chi connectivity index (χ3v) is 2.08. The lowest BCUT2D eigenvalue weighted by Crippen LogP contribution is -2.72. The van der Waals surface area contributed by atoms with E-state index in [0.717, 1.165) is 11.4 Å². The molecule has 0 heterocycles. The predicted octanol–water partition coefficient (Wildman–Crippen LogP) is 1.33. The Morgan fingerprint density at radius 2 is 2.06 bits per heavy atom. The second kappa shape index (κ2) is 7.40. The second-order valence-corrected chi connectivity index (χ2v) is 3.51. The van der Waals surface area contributed by atoms with Crippen molar-refractivity contribution >= 4 is 5.69 Å². The Morgan fingerprint density at radius 3 is 2.65 bits per heavy atom. The number of nitrogens with two attached hydrogens (primary N) is 1. The molecular weight excluding hydrogens is 216 g/mol. The SMILES string of the molecule is C[NH2+]/C=C\N(C)CN=Nc1ccc(OC)cc1. The highest BCUT2D eigenvalue weighted by molar-refractivity contribution is 5.40. The van der Waals surface area contributed by atoms with Crippen molar-refractivity contribution < 1.29 is 10.1 Å². The van der Waals surface area contributed by atoms with Crippen molar-refractivity contribution in [3.63, 3.8) is 0 Å². The van der Waals surface area contributed by atoms with E-state index in [-0.39, 0.29) is 0 Å². The summed E-state index contributed by atoms with van der Waals surface area (Å²) in [6.07, 6.45) is 3.91. The Morgan fingerprint density at radius 1 is 1.35 bits per heavy atom. The minimum atomic E-state index is 0.538. The van der Waals surface area contributed by atoms with E-state index in [4.69, 9.17) is 4.74 Å². The van der Waals surface area contributed by atoms with Gasteiger partial charge in [0.15, 0.2) is 0 Å². The molecule has 0 fully saturated rings. The van der Waals surface area contributed by atoms with Gasteiger partial charge in [-0.2, -0.15) is 10.2 Å². The van der Waals surface area contributed by atoms with Crippen molar-refractivity contribution in [2.24, 2.45) is 10.2 Å². The number of nitrogens with zero attached hydrogens (tertiary/aromatic N) is 3. The first-order valence-corrected chi connectivity index (χ1v) is 5.44. The summed E-state index contributed by atoms with van der Waals surface area (Å²) in [7, 11) is 5.57. The van der Waals surface area contributed by atoms with Crippen molar-refractivity contribution in [1.82, 2.24) is 4.90 Å². The van der Waals surface area contributed by atoms with E-state index in [1.807, 2.05) is 61.0 Å². The van der Waals surface area contributed by atoms with Gasteiger partial charge in [-0.3, -0.25) is 0 Å². The predicted molar refractivity (Wildman–Crippen MR) is 67.1 cm³/mol. The molecule has 0 bridgehead atoms. The third kappa shape index (κ3) is 5.12. The van der Waals surface area contributed by atoms with Crippen molar-refractivity contribution in [3.05, 3.63) is 36.7 Å². The number of hydrogen-bond donors (Lipinski definition) is 1. The highest BCUT2D eigenvalue weighted by atomic mass is 16.5. The molecule has 17 heavy (non-hydrogen) atoms. The molecule has 5 nitrogen and oxygen atoms in total. The zero-order valence-corrected chi connectivity index (χ0v) is 10.5. The second-order valence-electron chi connectivity index (χ2n) is 3.51. The molecule has 0 spiro atoms. The molecule has 1 aromatic carbocycles. The zero-order chi connectivity index (χ0) is 12.5. The molecule has 0 saturated heterocycles. The van der Waals surface area contributed by atoms with Crippen LogP contribution in [0.4, 0.5) is 5.69 Å². The maximum Gasteiger partial charge on any atom is 0.131 e. The average molecular weight is 235 g/mol. The van der Waals surface area contributed by atoms with Crippen LogP contribution in [0.25, 0.3) is 0 Å². The van der Waals surface area contributed by atoms with Gasteiger partial charge in [-0.1, -0.05) is 0 Å². The summed E-state index contributed by atoms with van der Waals surface area (Å²) < 4.78 is 5.06.